The van der Waals surface area contributed by atoms with Gasteiger partial charge in [-0.15, -0.1) is 0 Å². The molecule has 2 aromatic heterocycles. The summed E-state index contributed by atoms with van der Waals surface area (Å²) in [5, 5.41) is 3.52. The van der Waals surface area contributed by atoms with E-state index in [-0.39, 0.29) is 5.56 Å². The Bertz CT molecular complexity index is 664. The second kappa shape index (κ2) is 6.79. The van der Waals surface area contributed by atoms with Gasteiger partial charge in [-0.3, -0.25) is 4.79 Å². The number of piperidine rings is 1. The summed E-state index contributed by atoms with van der Waals surface area (Å²) in [4.78, 5) is 20.8. The van der Waals surface area contributed by atoms with E-state index in [2.05, 4.69) is 27.1 Å². The van der Waals surface area contributed by atoms with Gasteiger partial charge in [0.2, 0.25) is 0 Å². The van der Waals surface area contributed by atoms with Gasteiger partial charge in [0.25, 0.3) is 5.56 Å². The molecule has 1 aliphatic heterocycles. The first-order chi connectivity index (χ1) is 10.8. The second-order valence-electron chi connectivity index (χ2n) is 5.63. The van der Waals surface area contributed by atoms with Crippen LogP contribution < -0.4 is 15.8 Å². The molecule has 1 saturated heterocycles. The molecular formula is C16H22N4O2. The molecule has 2 N–H and O–H groups in total. The quantitative estimate of drug-likeness (QED) is 0.879. The van der Waals surface area contributed by atoms with Crippen molar-refractivity contribution in [2.75, 3.05) is 18.0 Å². The number of nitrogens with one attached hydrogen (secondary N) is 2. The first kappa shape index (κ1) is 14.8. The van der Waals surface area contributed by atoms with E-state index in [4.69, 9.17) is 4.42 Å². The molecule has 0 amide bonds. The molecule has 0 radical (unpaired) electrons. The van der Waals surface area contributed by atoms with Crippen LogP contribution in [-0.2, 0) is 13.0 Å². The SMILES string of the molecule is CCc1ccc(CN[C@@H]2CCCN(c3ncc[nH]c3=O)C2)o1. The number of furan rings is 1. The highest BCUT2D eigenvalue weighted by molar-refractivity contribution is 5.36. The average Bonchev–Trinajstić information content (AvgIpc) is 3.02. The van der Waals surface area contributed by atoms with Crippen LogP contribution in [0, 0.1) is 0 Å². The zero-order valence-electron chi connectivity index (χ0n) is 12.8. The highest BCUT2D eigenvalue weighted by Crippen LogP contribution is 2.15. The number of H-pyrrole nitrogens is 1. The number of aromatic amines is 1. The van der Waals surface area contributed by atoms with Gasteiger partial charge in [-0.1, -0.05) is 6.92 Å². The molecule has 1 atom stereocenters. The van der Waals surface area contributed by atoms with Crippen LogP contribution in [0.4, 0.5) is 5.82 Å². The molecule has 0 aliphatic carbocycles. The zero-order chi connectivity index (χ0) is 15.4. The molecule has 3 heterocycles. The van der Waals surface area contributed by atoms with Crippen LogP contribution in [0.25, 0.3) is 0 Å². The molecule has 0 saturated carbocycles. The number of nitrogens with zero attached hydrogens (tertiary/aromatic N) is 2. The smallest absolute Gasteiger partial charge is 0.290 e. The number of anilines is 1. The van der Waals surface area contributed by atoms with Gasteiger partial charge in [0.1, 0.15) is 11.5 Å². The molecular weight excluding hydrogens is 280 g/mol. The summed E-state index contributed by atoms with van der Waals surface area (Å²) >= 11 is 0. The van der Waals surface area contributed by atoms with Gasteiger partial charge in [0, 0.05) is 37.9 Å². The van der Waals surface area contributed by atoms with Crippen molar-refractivity contribution < 1.29 is 4.42 Å². The molecule has 1 fully saturated rings. The summed E-state index contributed by atoms with van der Waals surface area (Å²) in [6.45, 7) is 4.47. The van der Waals surface area contributed by atoms with Gasteiger partial charge in [-0.2, -0.15) is 0 Å². The summed E-state index contributed by atoms with van der Waals surface area (Å²) < 4.78 is 5.71. The second-order valence-corrected chi connectivity index (χ2v) is 5.63. The van der Waals surface area contributed by atoms with Crippen molar-refractivity contribution in [3.05, 3.63) is 46.4 Å². The van der Waals surface area contributed by atoms with Crippen molar-refractivity contribution >= 4 is 5.82 Å². The molecule has 0 unspecified atom stereocenters. The Morgan fingerprint density at radius 3 is 3.09 bits per heavy atom. The maximum absolute atomic E-state index is 11.8. The van der Waals surface area contributed by atoms with Crippen molar-refractivity contribution in [3.8, 4) is 0 Å². The van der Waals surface area contributed by atoms with E-state index >= 15 is 0 Å². The van der Waals surface area contributed by atoms with E-state index in [1.54, 1.807) is 12.4 Å². The largest absolute Gasteiger partial charge is 0.465 e. The van der Waals surface area contributed by atoms with E-state index in [0.717, 1.165) is 50.4 Å². The fraction of sp³-hybridized carbons (Fsp3) is 0.500. The molecule has 3 rings (SSSR count). The first-order valence-electron chi connectivity index (χ1n) is 7.86. The molecule has 22 heavy (non-hydrogen) atoms. The molecule has 0 spiro atoms. The van der Waals surface area contributed by atoms with Crippen LogP contribution in [0.1, 0.15) is 31.3 Å². The fourth-order valence-electron chi connectivity index (χ4n) is 2.86. The molecule has 1 aliphatic rings. The van der Waals surface area contributed by atoms with Gasteiger partial charge in [-0.25, -0.2) is 4.98 Å². The van der Waals surface area contributed by atoms with Crippen molar-refractivity contribution in [1.29, 1.82) is 0 Å². The third-order valence-corrected chi connectivity index (χ3v) is 4.04. The van der Waals surface area contributed by atoms with Crippen LogP contribution in [0.2, 0.25) is 0 Å². The van der Waals surface area contributed by atoms with Crippen LogP contribution in [0.15, 0.2) is 33.7 Å². The van der Waals surface area contributed by atoms with Crippen molar-refractivity contribution in [1.82, 2.24) is 15.3 Å². The highest BCUT2D eigenvalue weighted by atomic mass is 16.3. The van der Waals surface area contributed by atoms with Crippen LogP contribution in [-0.4, -0.2) is 29.1 Å². The van der Waals surface area contributed by atoms with E-state index in [0.29, 0.717) is 11.9 Å². The Hall–Kier alpha value is -2.08. The minimum atomic E-state index is -0.123. The molecule has 6 nitrogen and oxygen atoms in total. The van der Waals surface area contributed by atoms with Crippen molar-refractivity contribution in [2.24, 2.45) is 0 Å². The summed E-state index contributed by atoms with van der Waals surface area (Å²) in [6, 6.07) is 4.39. The minimum Gasteiger partial charge on any atom is -0.465 e. The number of aryl methyl sites for hydroxylation is 1. The van der Waals surface area contributed by atoms with Crippen LogP contribution in [0.5, 0.6) is 0 Å². The third-order valence-electron chi connectivity index (χ3n) is 4.04. The fourth-order valence-corrected chi connectivity index (χ4v) is 2.86. The maximum Gasteiger partial charge on any atom is 0.290 e. The Labute approximate surface area is 129 Å². The maximum atomic E-state index is 11.8. The number of hydrogen-bond donors (Lipinski definition) is 2. The van der Waals surface area contributed by atoms with Gasteiger partial charge >= 0.3 is 0 Å². The lowest BCUT2D eigenvalue weighted by Crippen LogP contribution is -2.47. The summed E-state index contributed by atoms with van der Waals surface area (Å²) in [7, 11) is 0. The Balaban J connectivity index is 1.59. The van der Waals surface area contributed by atoms with E-state index in [1.807, 2.05) is 12.1 Å². The van der Waals surface area contributed by atoms with Gasteiger partial charge in [0.05, 0.1) is 6.54 Å². The zero-order valence-corrected chi connectivity index (χ0v) is 12.8. The summed E-state index contributed by atoms with van der Waals surface area (Å²) in [6.07, 6.45) is 6.25. The van der Waals surface area contributed by atoms with Gasteiger partial charge in [-0.05, 0) is 25.0 Å². The number of hydrogen-bond acceptors (Lipinski definition) is 5. The van der Waals surface area contributed by atoms with Crippen molar-refractivity contribution in [2.45, 2.75) is 38.8 Å². The predicted molar refractivity (Wildman–Crippen MR) is 85.0 cm³/mol. The molecule has 0 bridgehead atoms. The lowest BCUT2D eigenvalue weighted by Gasteiger charge is -2.33. The highest BCUT2D eigenvalue weighted by Gasteiger charge is 2.22. The standard InChI is InChI=1S/C16H22N4O2/c1-2-13-5-6-14(22-13)10-19-12-4-3-9-20(11-12)15-16(21)18-8-7-17-15/h5-8,12,19H,2-4,9-11H2,1H3,(H,18,21)/t12-/m1/s1. The first-order valence-corrected chi connectivity index (χ1v) is 7.86. The molecule has 6 heteroatoms. The van der Waals surface area contributed by atoms with E-state index < -0.39 is 0 Å². The van der Waals surface area contributed by atoms with E-state index in [9.17, 15) is 4.79 Å². The summed E-state index contributed by atoms with van der Waals surface area (Å²) in [5.41, 5.74) is -0.123. The Morgan fingerprint density at radius 2 is 2.32 bits per heavy atom. The lowest BCUT2D eigenvalue weighted by molar-refractivity contribution is 0.386. The topological polar surface area (TPSA) is 74.2 Å². The van der Waals surface area contributed by atoms with Crippen LogP contribution in [0.3, 0.4) is 0 Å². The monoisotopic (exact) mass is 302 g/mol. The third kappa shape index (κ3) is 3.39. The van der Waals surface area contributed by atoms with Gasteiger partial charge in [0.15, 0.2) is 5.82 Å². The van der Waals surface area contributed by atoms with Crippen LogP contribution >= 0.6 is 0 Å². The molecule has 0 aromatic carbocycles. The minimum absolute atomic E-state index is 0.123. The Morgan fingerprint density at radius 1 is 1.45 bits per heavy atom. The summed E-state index contributed by atoms with van der Waals surface area (Å²) in [5.74, 6) is 2.49. The predicted octanol–water partition coefficient (Wildman–Crippen LogP) is 1.68. The molecule has 2 aromatic rings. The van der Waals surface area contributed by atoms with Gasteiger partial charge < -0.3 is 19.6 Å². The average molecular weight is 302 g/mol. The Kier molecular flexibility index (Phi) is 4.58. The number of rotatable bonds is 5. The normalized spacial score (nSPS) is 18.6. The van der Waals surface area contributed by atoms with E-state index in [1.165, 1.54) is 0 Å². The van der Waals surface area contributed by atoms with Crippen molar-refractivity contribution in [3.63, 3.8) is 0 Å². The molecule has 118 valence electrons. The lowest BCUT2D eigenvalue weighted by atomic mass is 10.1. The number of aromatic nitrogens is 2.